The molecule has 1 rings (SSSR count). The molecule has 0 bridgehead atoms. The maximum Gasteiger partial charge on any atom is 0.330 e. The van der Waals surface area contributed by atoms with E-state index in [9.17, 15) is 27.6 Å². The van der Waals surface area contributed by atoms with E-state index in [-0.39, 0.29) is 4.90 Å². The van der Waals surface area contributed by atoms with Gasteiger partial charge in [0.25, 0.3) is 0 Å². The smallest absolute Gasteiger partial charge is 0.330 e. The monoisotopic (exact) mass is 457 g/mol. The van der Waals surface area contributed by atoms with Crippen LogP contribution in [0.4, 0.5) is 0 Å². The van der Waals surface area contributed by atoms with Gasteiger partial charge in [0.2, 0.25) is 21.8 Å². The Morgan fingerprint density at radius 3 is 2.03 bits per heavy atom. The summed E-state index contributed by atoms with van der Waals surface area (Å²) in [6.07, 6.45) is 0. The molecule has 0 atom stereocenters. The number of sulfonamides is 1. The number of nitrogens with zero attached hydrogens (tertiary/aromatic N) is 1. The minimum Gasteiger partial charge on any atom is -0.468 e. The summed E-state index contributed by atoms with van der Waals surface area (Å²) in [5.74, 6) is -3.10. The molecule has 0 unspecified atom stereocenters. The van der Waals surface area contributed by atoms with Crippen LogP contribution in [0.5, 0.6) is 0 Å². The first kappa shape index (κ1) is 26.0. The highest BCUT2D eigenvalue weighted by Gasteiger charge is 2.34. The van der Waals surface area contributed by atoms with Crippen LogP contribution in [-0.4, -0.2) is 75.9 Å². The molecule has 2 amide bonds. The third-order valence-electron chi connectivity index (χ3n) is 4.10. The summed E-state index contributed by atoms with van der Waals surface area (Å²) in [5.41, 5.74) is -0.600. The van der Waals surface area contributed by atoms with Crippen molar-refractivity contribution in [2.75, 3.05) is 33.9 Å². The van der Waals surface area contributed by atoms with Crippen molar-refractivity contribution in [2.45, 2.75) is 31.2 Å². The SMILES string of the molecule is COC(=O)CNC(=O)CN(CC(=O)NC(C)(C)C(=O)OC)S(=O)(=O)c1ccc(C)cc1. The molecule has 12 heteroatoms. The summed E-state index contributed by atoms with van der Waals surface area (Å²) in [6, 6.07) is 5.84. The van der Waals surface area contributed by atoms with Crippen molar-refractivity contribution in [1.29, 1.82) is 0 Å². The minimum absolute atomic E-state index is 0.126. The lowest BCUT2D eigenvalue weighted by molar-refractivity contribution is -0.149. The number of methoxy groups -OCH3 is 2. The second-order valence-electron chi connectivity index (χ2n) is 7.10. The number of aryl methyl sites for hydroxylation is 1. The molecule has 31 heavy (non-hydrogen) atoms. The highest BCUT2D eigenvalue weighted by molar-refractivity contribution is 7.89. The van der Waals surface area contributed by atoms with Crippen LogP contribution in [0.15, 0.2) is 29.2 Å². The van der Waals surface area contributed by atoms with E-state index in [1.54, 1.807) is 19.1 Å². The number of carbonyl (C=O) groups is 4. The number of esters is 2. The fourth-order valence-electron chi connectivity index (χ4n) is 2.40. The number of benzene rings is 1. The lowest BCUT2D eigenvalue weighted by Crippen LogP contribution is -2.54. The molecule has 0 spiro atoms. The molecule has 0 aliphatic rings. The molecular weight excluding hydrogens is 430 g/mol. The zero-order valence-corrected chi connectivity index (χ0v) is 18.9. The lowest BCUT2D eigenvalue weighted by Gasteiger charge is -2.26. The third-order valence-corrected chi connectivity index (χ3v) is 5.91. The predicted octanol–water partition coefficient (Wildman–Crippen LogP) is -0.657. The van der Waals surface area contributed by atoms with Crippen LogP contribution < -0.4 is 10.6 Å². The fourth-order valence-corrected chi connectivity index (χ4v) is 3.75. The predicted molar refractivity (Wildman–Crippen MR) is 109 cm³/mol. The first-order valence-corrected chi connectivity index (χ1v) is 10.6. The number of hydrogen-bond donors (Lipinski definition) is 2. The van der Waals surface area contributed by atoms with Crippen molar-refractivity contribution in [2.24, 2.45) is 0 Å². The Hall–Kier alpha value is -2.99. The van der Waals surface area contributed by atoms with Gasteiger partial charge in [-0.1, -0.05) is 17.7 Å². The summed E-state index contributed by atoms with van der Waals surface area (Å²) in [4.78, 5) is 47.5. The number of ether oxygens (including phenoxy) is 2. The van der Waals surface area contributed by atoms with Crippen molar-refractivity contribution in [3.63, 3.8) is 0 Å². The Morgan fingerprint density at radius 1 is 0.968 bits per heavy atom. The van der Waals surface area contributed by atoms with Gasteiger partial charge in [-0.3, -0.25) is 14.4 Å². The summed E-state index contributed by atoms with van der Waals surface area (Å²) in [5, 5.41) is 4.60. The highest BCUT2D eigenvalue weighted by atomic mass is 32.2. The van der Waals surface area contributed by atoms with Crippen LogP contribution in [0.1, 0.15) is 19.4 Å². The van der Waals surface area contributed by atoms with Crippen LogP contribution in [0.25, 0.3) is 0 Å². The fraction of sp³-hybridized carbons (Fsp3) is 0.474. The molecule has 2 N–H and O–H groups in total. The largest absolute Gasteiger partial charge is 0.468 e. The molecule has 0 fully saturated rings. The molecule has 11 nitrogen and oxygen atoms in total. The van der Waals surface area contributed by atoms with Crippen LogP contribution in [0.2, 0.25) is 0 Å². The van der Waals surface area contributed by atoms with Gasteiger partial charge in [0.05, 0.1) is 32.2 Å². The molecule has 0 saturated carbocycles. The zero-order valence-electron chi connectivity index (χ0n) is 18.1. The van der Waals surface area contributed by atoms with Crippen molar-refractivity contribution >= 4 is 33.8 Å². The van der Waals surface area contributed by atoms with Crippen molar-refractivity contribution in [3.05, 3.63) is 29.8 Å². The summed E-state index contributed by atoms with van der Waals surface area (Å²) < 4.78 is 35.8. The molecule has 1 aromatic carbocycles. The van der Waals surface area contributed by atoms with E-state index in [0.717, 1.165) is 19.8 Å². The van der Waals surface area contributed by atoms with Gasteiger partial charge in [-0.2, -0.15) is 4.31 Å². The maximum absolute atomic E-state index is 13.0. The molecule has 0 aliphatic carbocycles. The summed E-state index contributed by atoms with van der Waals surface area (Å²) in [7, 11) is -1.97. The maximum atomic E-state index is 13.0. The first-order chi connectivity index (χ1) is 14.3. The van der Waals surface area contributed by atoms with E-state index in [1.165, 1.54) is 26.0 Å². The van der Waals surface area contributed by atoms with E-state index in [0.29, 0.717) is 4.31 Å². The molecule has 1 aromatic rings. The van der Waals surface area contributed by atoms with Crippen molar-refractivity contribution in [3.8, 4) is 0 Å². The van der Waals surface area contributed by atoms with Crippen molar-refractivity contribution in [1.82, 2.24) is 14.9 Å². The van der Waals surface area contributed by atoms with E-state index >= 15 is 0 Å². The van der Waals surface area contributed by atoms with Gasteiger partial charge in [0.15, 0.2) is 0 Å². The Kier molecular flexibility index (Phi) is 9.13. The number of nitrogens with one attached hydrogen (secondary N) is 2. The van der Waals surface area contributed by atoms with Crippen LogP contribution in [0, 0.1) is 6.92 Å². The third kappa shape index (κ3) is 7.64. The van der Waals surface area contributed by atoms with Crippen molar-refractivity contribution < 1.29 is 37.1 Å². The number of hydrogen-bond acceptors (Lipinski definition) is 8. The molecule has 0 aliphatic heterocycles. The van der Waals surface area contributed by atoms with Gasteiger partial charge in [0.1, 0.15) is 12.1 Å². The molecule has 0 radical (unpaired) electrons. The first-order valence-electron chi connectivity index (χ1n) is 9.13. The van der Waals surface area contributed by atoms with E-state index < -0.39 is 58.9 Å². The average Bonchev–Trinajstić information content (AvgIpc) is 2.70. The second kappa shape index (κ2) is 10.9. The van der Waals surface area contributed by atoms with Gasteiger partial charge < -0.3 is 20.1 Å². The standard InChI is InChI=1S/C19H27N3O8S/c1-13-6-8-14(9-7-13)31(27,28)22(11-15(23)20-10-17(25)29-4)12-16(24)21-19(2,3)18(26)30-5/h6-9H,10-12H2,1-5H3,(H,20,23)(H,21,24). The van der Waals surface area contributed by atoms with Gasteiger partial charge in [-0.05, 0) is 32.9 Å². The number of carbonyl (C=O) groups excluding carboxylic acids is 4. The van der Waals surface area contributed by atoms with Gasteiger partial charge >= 0.3 is 11.9 Å². The highest BCUT2D eigenvalue weighted by Crippen LogP contribution is 2.16. The second-order valence-corrected chi connectivity index (χ2v) is 9.04. The van der Waals surface area contributed by atoms with Gasteiger partial charge in [0, 0.05) is 0 Å². The zero-order chi connectivity index (χ0) is 23.8. The van der Waals surface area contributed by atoms with Crippen LogP contribution >= 0.6 is 0 Å². The lowest BCUT2D eigenvalue weighted by atomic mass is 10.1. The molecule has 0 heterocycles. The van der Waals surface area contributed by atoms with Crippen LogP contribution in [0.3, 0.4) is 0 Å². The Morgan fingerprint density at radius 2 is 1.52 bits per heavy atom. The van der Waals surface area contributed by atoms with E-state index in [4.69, 9.17) is 0 Å². The normalized spacial score (nSPS) is 11.5. The number of amides is 2. The van der Waals surface area contributed by atoms with E-state index in [1.807, 2.05) is 0 Å². The molecule has 0 aromatic heterocycles. The Labute approximate surface area is 181 Å². The van der Waals surface area contributed by atoms with Crippen LogP contribution in [-0.2, 0) is 38.7 Å². The number of rotatable bonds is 10. The van der Waals surface area contributed by atoms with Gasteiger partial charge in [-0.15, -0.1) is 0 Å². The molecular formula is C19H27N3O8S. The van der Waals surface area contributed by atoms with Gasteiger partial charge in [-0.25, -0.2) is 13.2 Å². The minimum atomic E-state index is -4.25. The Bertz CT molecular complexity index is 926. The molecule has 172 valence electrons. The average molecular weight is 458 g/mol. The Balaban J connectivity index is 3.11. The van der Waals surface area contributed by atoms with E-state index in [2.05, 4.69) is 20.1 Å². The molecule has 0 saturated heterocycles. The summed E-state index contributed by atoms with van der Waals surface area (Å²) >= 11 is 0. The summed E-state index contributed by atoms with van der Waals surface area (Å²) in [6.45, 7) is 2.60. The quantitative estimate of drug-likeness (QED) is 0.440. The topological polar surface area (TPSA) is 148 Å².